The number of rotatable bonds is 1. The van der Waals surface area contributed by atoms with E-state index < -0.39 is 12.1 Å². The van der Waals surface area contributed by atoms with Crippen molar-refractivity contribution in [2.24, 2.45) is 5.92 Å². The van der Waals surface area contributed by atoms with Crippen molar-refractivity contribution in [3.05, 3.63) is 34.3 Å². The number of carbonyl (C=O) groups excluding carboxylic acids is 1. The van der Waals surface area contributed by atoms with E-state index in [-0.39, 0.29) is 18.9 Å². The molecule has 1 aliphatic heterocycles. The molecule has 0 aliphatic carbocycles. The van der Waals surface area contributed by atoms with E-state index in [1.54, 1.807) is 24.3 Å². The number of piperidine rings is 1. The highest BCUT2D eigenvalue weighted by atomic mass is 79.9. The third kappa shape index (κ3) is 3.49. The van der Waals surface area contributed by atoms with Gasteiger partial charge < -0.3 is 4.90 Å². The summed E-state index contributed by atoms with van der Waals surface area (Å²) in [6.07, 6.45) is -3.72. The lowest BCUT2D eigenvalue weighted by atomic mass is 9.97. The van der Waals surface area contributed by atoms with Gasteiger partial charge in [0.05, 0.1) is 5.92 Å². The van der Waals surface area contributed by atoms with Gasteiger partial charge in [-0.05, 0) is 37.1 Å². The Bertz CT molecular complexity index is 458. The average molecular weight is 336 g/mol. The molecule has 6 heteroatoms. The van der Waals surface area contributed by atoms with Crippen LogP contribution < -0.4 is 0 Å². The average Bonchev–Trinajstić information content (AvgIpc) is 2.38. The molecule has 19 heavy (non-hydrogen) atoms. The molecule has 0 saturated carbocycles. The van der Waals surface area contributed by atoms with Gasteiger partial charge in [-0.1, -0.05) is 15.9 Å². The first-order chi connectivity index (χ1) is 8.88. The predicted molar refractivity (Wildman–Crippen MR) is 68.8 cm³/mol. The predicted octanol–water partition coefficient (Wildman–Crippen LogP) is 3.86. The molecule has 0 aromatic heterocycles. The lowest BCUT2D eigenvalue weighted by Crippen LogP contribution is -2.44. The van der Waals surface area contributed by atoms with Gasteiger partial charge in [0.2, 0.25) is 0 Å². The van der Waals surface area contributed by atoms with Crippen molar-refractivity contribution in [1.82, 2.24) is 4.90 Å². The van der Waals surface area contributed by atoms with Gasteiger partial charge in [-0.15, -0.1) is 0 Å². The summed E-state index contributed by atoms with van der Waals surface area (Å²) < 4.78 is 38.9. The minimum atomic E-state index is -4.22. The largest absolute Gasteiger partial charge is 0.393 e. The van der Waals surface area contributed by atoms with Crippen LogP contribution in [0.5, 0.6) is 0 Å². The zero-order valence-corrected chi connectivity index (χ0v) is 11.7. The minimum Gasteiger partial charge on any atom is -0.338 e. The van der Waals surface area contributed by atoms with E-state index in [1.165, 1.54) is 4.90 Å². The van der Waals surface area contributed by atoms with Gasteiger partial charge in [-0.25, -0.2) is 0 Å². The molecule has 1 atom stereocenters. The summed E-state index contributed by atoms with van der Waals surface area (Å²) in [6.45, 7) is 0.153. The topological polar surface area (TPSA) is 20.3 Å². The molecule has 0 N–H and O–H groups in total. The molecule has 0 radical (unpaired) electrons. The van der Waals surface area contributed by atoms with E-state index in [2.05, 4.69) is 15.9 Å². The summed E-state index contributed by atoms with van der Waals surface area (Å²) in [5.74, 6) is -1.73. The Labute approximate surface area is 117 Å². The maximum absolute atomic E-state index is 12.7. The fourth-order valence-corrected chi connectivity index (χ4v) is 2.47. The zero-order chi connectivity index (χ0) is 14.0. The highest BCUT2D eigenvalue weighted by molar-refractivity contribution is 9.10. The van der Waals surface area contributed by atoms with Crippen molar-refractivity contribution in [1.29, 1.82) is 0 Å². The number of benzene rings is 1. The molecule has 1 amide bonds. The number of alkyl halides is 3. The molecular formula is C13H13BrF3NO. The number of amides is 1. The van der Waals surface area contributed by atoms with E-state index in [0.29, 0.717) is 18.5 Å². The molecule has 1 saturated heterocycles. The quantitative estimate of drug-likeness (QED) is 0.763. The Morgan fingerprint density at radius 3 is 2.47 bits per heavy atom. The summed E-state index contributed by atoms with van der Waals surface area (Å²) >= 11 is 3.25. The molecule has 104 valence electrons. The Kier molecular flexibility index (Phi) is 4.18. The highest BCUT2D eigenvalue weighted by Gasteiger charge is 2.42. The number of halogens is 4. The first-order valence-corrected chi connectivity index (χ1v) is 6.79. The fraction of sp³-hybridized carbons (Fsp3) is 0.462. The van der Waals surface area contributed by atoms with Gasteiger partial charge in [0.15, 0.2) is 0 Å². The maximum Gasteiger partial charge on any atom is 0.393 e. The second-order valence-electron chi connectivity index (χ2n) is 4.64. The van der Waals surface area contributed by atoms with Crippen LogP contribution in [0, 0.1) is 5.92 Å². The summed E-state index contributed by atoms with van der Waals surface area (Å²) in [5, 5.41) is 0. The Hall–Kier alpha value is -1.04. The van der Waals surface area contributed by atoms with Crippen LogP contribution in [0.3, 0.4) is 0 Å². The van der Waals surface area contributed by atoms with Crippen molar-refractivity contribution >= 4 is 21.8 Å². The van der Waals surface area contributed by atoms with Gasteiger partial charge in [-0.3, -0.25) is 4.79 Å². The maximum atomic E-state index is 12.7. The van der Waals surface area contributed by atoms with E-state index >= 15 is 0 Å². The number of hydrogen-bond acceptors (Lipinski definition) is 1. The van der Waals surface area contributed by atoms with Crippen LogP contribution >= 0.6 is 15.9 Å². The Morgan fingerprint density at radius 2 is 1.89 bits per heavy atom. The number of likely N-dealkylation sites (tertiary alicyclic amines) is 1. The molecule has 0 spiro atoms. The monoisotopic (exact) mass is 335 g/mol. The van der Waals surface area contributed by atoms with Gasteiger partial charge in [-0.2, -0.15) is 13.2 Å². The van der Waals surface area contributed by atoms with Gasteiger partial charge >= 0.3 is 6.18 Å². The van der Waals surface area contributed by atoms with Gasteiger partial charge in [0.1, 0.15) is 0 Å². The van der Waals surface area contributed by atoms with Crippen LogP contribution in [0.2, 0.25) is 0 Å². The van der Waals surface area contributed by atoms with Crippen LogP contribution in [0.1, 0.15) is 23.2 Å². The van der Waals surface area contributed by atoms with Crippen molar-refractivity contribution in [2.75, 3.05) is 13.1 Å². The fourth-order valence-electron chi connectivity index (χ4n) is 2.20. The third-order valence-corrected chi connectivity index (χ3v) is 3.79. The minimum absolute atomic E-state index is 0.105. The number of nitrogens with zero attached hydrogens (tertiary/aromatic N) is 1. The summed E-state index contributed by atoms with van der Waals surface area (Å²) in [7, 11) is 0. The molecule has 2 rings (SSSR count). The van der Waals surface area contributed by atoms with E-state index in [0.717, 1.165) is 4.47 Å². The van der Waals surface area contributed by atoms with Crippen molar-refractivity contribution in [2.45, 2.75) is 19.0 Å². The highest BCUT2D eigenvalue weighted by Crippen LogP contribution is 2.33. The molecule has 1 aliphatic rings. The molecule has 0 bridgehead atoms. The molecule has 1 unspecified atom stereocenters. The number of hydrogen-bond donors (Lipinski definition) is 0. The number of carbonyl (C=O) groups is 1. The molecule has 1 fully saturated rings. The van der Waals surface area contributed by atoms with Crippen LogP contribution in [0.4, 0.5) is 13.2 Å². The van der Waals surface area contributed by atoms with Gasteiger partial charge in [0, 0.05) is 23.1 Å². The lowest BCUT2D eigenvalue weighted by molar-refractivity contribution is -0.184. The summed E-state index contributed by atoms with van der Waals surface area (Å²) in [4.78, 5) is 13.4. The normalized spacial score (nSPS) is 20.4. The standard InChI is InChI=1S/C13H13BrF3NO/c14-11-5-3-9(4-6-11)12(19)18-7-1-2-10(8-18)13(15,16)17/h3-6,10H,1-2,7-8H2. The van der Waals surface area contributed by atoms with Crippen molar-refractivity contribution in [3.63, 3.8) is 0 Å². The van der Waals surface area contributed by atoms with Crippen LogP contribution in [0.15, 0.2) is 28.7 Å². The summed E-state index contributed by atoms with van der Waals surface area (Å²) in [6, 6.07) is 6.64. The third-order valence-electron chi connectivity index (χ3n) is 3.26. The molecule has 2 nitrogen and oxygen atoms in total. The second-order valence-corrected chi connectivity index (χ2v) is 5.55. The Balaban J connectivity index is 2.09. The lowest BCUT2D eigenvalue weighted by Gasteiger charge is -2.33. The SMILES string of the molecule is O=C(c1ccc(Br)cc1)N1CCCC(C(F)(F)F)C1. The molecule has 1 heterocycles. The van der Waals surface area contributed by atoms with Gasteiger partial charge in [0.25, 0.3) is 5.91 Å². The van der Waals surface area contributed by atoms with E-state index in [1.807, 2.05) is 0 Å². The zero-order valence-electron chi connectivity index (χ0n) is 10.1. The van der Waals surface area contributed by atoms with Crippen LogP contribution in [0.25, 0.3) is 0 Å². The van der Waals surface area contributed by atoms with E-state index in [9.17, 15) is 18.0 Å². The molecular weight excluding hydrogens is 323 g/mol. The van der Waals surface area contributed by atoms with Crippen molar-refractivity contribution < 1.29 is 18.0 Å². The Morgan fingerprint density at radius 1 is 1.26 bits per heavy atom. The summed E-state index contributed by atoms with van der Waals surface area (Å²) in [5.41, 5.74) is 0.422. The smallest absolute Gasteiger partial charge is 0.338 e. The molecule has 1 aromatic carbocycles. The second kappa shape index (κ2) is 5.53. The first kappa shape index (κ1) is 14.4. The van der Waals surface area contributed by atoms with Crippen LogP contribution in [-0.2, 0) is 0 Å². The van der Waals surface area contributed by atoms with E-state index in [4.69, 9.17) is 0 Å². The molecule has 1 aromatic rings. The first-order valence-electron chi connectivity index (χ1n) is 5.99. The van der Waals surface area contributed by atoms with Crippen LogP contribution in [-0.4, -0.2) is 30.1 Å². The van der Waals surface area contributed by atoms with Crippen molar-refractivity contribution in [3.8, 4) is 0 Å².